The summed E-state index contributed by atoms with van der Waals surface area (Å²) in [7, 11) is 0. The van der Waals surface area contributed by atoms with E-state index in [9.17, 15) is 13.6 Å². The monoisotopic (exact) mass is 356 g/mol. The van der Waals surface area contributed by atoms with Gasteiger partial charge in [-0.1, -0.05) is 18.2 Å². The molecule has 26 heavy (non-hydrogen) atoms. The number of rotatable bonds is 4. The zero-order chi connectivity index (χ0) is 18.1. The minimum atomic E-state index is -0.857. The van der Waals surface area contributed by atoms with Crippen molar-refractivity contribution in [3.8, 4) is 11.1 Å². The third-order valence-electron chi connectivity index (χ3n) is 5.41. The number of likely N-dealkylation sites (tertiary alicyclic amines) is 1. The quantitative estimate of drug-likeness (QED) is 0.833. The molecule has 0 spiro atoms. The van der Waals surface area contributed by atoms with Crippen LogP contribution in [0.2, 0.25) is 0 Å². The lowest BCUT2D eigenvalue weighted by Gasteiger charge is -2.30. The van der Waals surface area contributed by atoms with E-state index in [1.54, 1.807) is 6.07 Å². The van der Waals surface area contributed by atoms with Crippen LogP contribution in [-0.2, 0) is 6.42 Å². The van der Waals surface area contributed by atoms with Crippen LogP contribution in [0.15, 0.2) is 36.4 Å². The maximum Gasteiger partial charge on any atom is 0.254 e. The number of nitrogens with zero attached hydrogens (tertiary/aromatic N) is 2. The largest absolute Gasteiger partial charge is 0.337 e. The van der Waals surface area contributed by atoms with Crippen LogP contribution >= 0.6 is 0 Å². The second kappa shape index (κ2) is 7.16. The molecule has 136 valence electrons. The molecule has 5 heteroatoms. The molecule has 0 aliphatic carbocycles. The summed E-state index contributed by atoms with van der Waals surface area (Å²) >= 11 is 0. The van der Waals surface area contributed by atoms with Crippen LogP contribution in [0, 0.1) is 11.6 Å². The number of hydrogen-bond acceptors (Lipinski definition) is 2. The molecule has 0 saturated carbocycles. The highest BCUT2D eigenvalue weighted by atomic mass is 19.2. The van der Waals surface area contributed by atoms with E-state index in [0.29, 0.717) is 12.1 Å². The summed E-state index contributed by atoms with van der Waals surface area (Å²) in [5.74, 6) is -1.64. The Bertz CT molecular complexity index is 831. The molecular weight excluding hydrogens is 334 g/mol. The molecule has 3 nitrogen and oxygen atoms in total. The zero-order valence-electron chi connectivity index (χ0n) is 14.7. The molecule has 1 amide bonds. The first kappa shape index (κ1) is 17.2. The van der Waals surface area contributed by atoms with Crippen molar-refractivity contribution in [2.75, 3.05) is 32.7 Å². The summed E-state index contributed by atoms with van der Waals surface area (Å²) in [5, 5.41) is 0. The average Bonchev–Trinajstić information content (AvgIpc) is 3.17. The minimum absolute atomic E-state index is 0.0716. The Labute approximate surface area is 152 Å². The average molecular weight is 356 g/mol. The Morgan fingerprint density at radius 3 is 2.35 bits per heavy atom. The van der Waals surface area contributed by atoms with Gasteiger partial charge in [-0.05, 0) is 67.2 Å². The lowest BCUT2D eigenvalue weighted by molar-refractivity contribution is 0.0724. The van der Waals surface area contributed by atoms with E-state index in [2.05, 4.69) is 4.90 Å². The molecule has 0 aromatic heterocycles. The Balaban J connectivity index is 1.50. The predicted molar refractivity (Wildman–Crippen MR) is 97.1 cm³/mol. The molecule has 0 bridgehead atoms. The number of halogens is 2. The minimum Gasteiger partial charge on any atom is -0.337 e. The lowest BCUT2D eigenvalue weighted by Crippen LogP contribution is -2.42. The second-order valence-corrected chi connectivity index (χ2v) is 7.09. The molecule has 2 aromatic carbocycles. The fraction of sp³-hybridized carbons (Fsp3) is 0.381. The van der Waals surface area contributed by atoms with Gasteiger partial charge < -0.3 is 9.80 Å². The van der Waals surface area contributed by atoms with Crippen LogP contribution in [0.5, 0.6) is 0 Å². The van der Waals surface area contributed by atoms with Crippen LogP contribution in [0.4, 0.5) is 8.78 Å². The lowest BCUT2D eigenvalue weighted by atomic mass is 9.94. The van der Waals surface area contributed by atoms with Gasteiger partial charge >= 0.3 is 0 Å². The number of hydrogen-bond donors (Lipinski definition) is 0. The number of carbonyl (C=O) groups excluding carboxylic acids is 1. The third kappa shape index (κ3) is 3.36. The van der Waals surface area contributed by atoms with Crippen molar-refractivity contribution in [2.45, 2.75) is 19.3 Å². The Morgan fingerprint density at radius 2 is 1.58 bits per heavy atom. The Kier molecular flexibility index (Phi) is 4.72. The molecule has 0 atom stereocenters. The molecule has 2 aliphatic rings. The fourth-order valence-electron chi connectivity index (χ4n) is 3.87. The van der Waals surface area contributed by atoms with Gasteiger partial charge in [-0.25, -0.2) is 8.78 Å². The highest BCUT2D eigenvalue weighted by Gasteiger charge is 2.25. The normalized spacial score (nSPS) is 17.6. The van der Waals surface area contributed by atoms with Gasteiger partial charge in [0.2, 0.25) is 0 Å². The summed E-state index contributed by atoms with van der Waals surface area (Å²) < 4.78 is 26.6. The van der Waals surface area contributed by atoms with E-state index in [-0.39, 0.29) is 5.91 Å². The van der Waals surface area contributed by atoms with Crippen molar-refractivity contribution >= 4 is 5.91 Å². The van der Waals surface area contributed by atoms with E-state index in [0.717, 1.165) is 55.4 Å². The van der Waals surface area contributed by atoms with Crippen molar-refractivity contribution in [3.63, 3.8) is 0 Å². The molecule has 2 aromatic rings. The van der Waals surface area contributed by atoms with Crippen LogP contribution < -0.4 is 0 Å². The van der Waals surface area contributed by atoms with E-state index < -0.39 is 11.6 Å². The standard InChI is InChI=1S/C21H22F2N2O/c22-19-6-4-16(14-20(19)23)15-3-5-18-17(13-15)7-10-25(21(18)26)12-11-24-8-1-2-9-24/h3-6,13-14H,1-2,7-12H2. The van der Waals surface area contributed by atoms with Crippen LogP contribution in [0.25, 0.3) is 11.1 Å². The molecule has 0 radical (unpaired) electrons. The summed E-state index contributed by atoms with van der Waals surface area (Å²) in [6.45, 7) is 4.69. The molecule has 2 aliphatic heterocycles. The van der Waals surface area contributed by atoms with Crippen molar-refractivity contribution in [3.05, 3.63) is 59.2 Å². The molecular formula is C21H22F2N2O. The molecule has 4 rings (SSSR count). The predicted octanol–water partition coefficient (Wildman–Crippen LogP) is 3.73. The molecule has 0 N–H and O–H groups in total. The van der Waals surface area contributed by atoms with Crippen LogP contribution in [-0.4, -0.2) is 48.4 Å². The molecule has 0 unspecified atom stereocenters. The highest BCUT2D eigenvalue weighted by molar-refractivity contribution is 5.97. The first-order valence-corrected chi connectivity index (χ1v) is 9.22. The van der Waals surface area contributed by atoms with Gasteiger partial charge in [0, 0.05) is 25.2 Å². The van der Waals surface area contributed by atoms with E-state index in [4.69, 9.17) is 0 Å². The van der Waals surface area contributed by atoms with Gasteiger partial charge in [-0.2, -0.15) is 0 Å². The summed E-state index contributed by atoms with van der Waals surface area (Å²) in [4.78, 5) is 17.1. The van der Waals surface area contributed by atoms with Crippen molar-refractivity contribution in [2.24, 2.45) is 0 Å². The third-order valence-corrected chi connectivity index (χ3v) is 5.41. The first-order chi connectivity index (χ1) is 12.6. The van der Waals surface area contributed by atoms with E-state index >= 15 is 0 Å². The van der Waals surface area contributed by atoms with Gasteiger partial charge in [0.25, 0.3) is 5.91 Å². The van der Waals surface area contributed by atoms with Crippen LogP contribution in [0.1, 0.15) is 28.8 Å². The summed E-state index contributed by atoms with van der Waals surface area (Å²) in [6, 6.07) is 9.45. The maximum atomic E-state index is 13.5. The van der Waals surface area contributed by atoms with Gasteiger partial charge in [0.05, 0.1) is 0 Å². The van der Waals surface area contributed by atoms with Crippen molar-refractivity contribution in [1.82, 2.24) is 9.80 Å². The topological polar surface area (TPSA) is 23.6 Å². The molecule has 1 saturated heterocycles. The van der Waals surface area contributed by atoms with E-state index in [1.807, 2.05) is 23.1 Å². The van der Waals surface area contributed by atoms with Crippen molar-refractivity contribution < 1.29 is 13.6 Å². The Morgan fingerprint density at radius 1 is 0.846 bits per heavy atom. The molecule has 1 fully saturated rings. The van der Waals surface area contributed by atoms with Gasteiger partial charge in [0.15, 0.2) is 11.6 Å². The second-order valence-electron chi connectivity index (χ2n) is 7.09. The fourth-order valence-corrected chi connectivity index (χ4v) is 3.87. The van der Waals surface area contributed by atoms with Crippen LogP contribution in [0.3, 0.4) is 0 Å². The van der Waals surface area contributed by atoms with Gasteiger partial charge in [-0.15, -0.1) is 0 Å². The summed E-state index contributed by atoms with van der Waals surface area (Å²) in [6.07, 6.45) is 3.30. The number of benzene rings is 2. The Hall–Kier alpha value is -2.27. The van der Waals surface area contributed by atoms with Crippen molar-refractivity contribution in [1.29, 1.82) is 0 Å². The number of fused-ring (bicyclic) bond motifs is 1. The maximum absolute atomic E-state index is 13.5. The number of carbonyl (C=O) groups is 1. The smallest absolute Gasteiger partial charge is 0.254 e. The van der Waals surface area contributed by atoms with Gasteiger partial charge in [0.1, 0.15) is 0 Å². The van der Waals surface area contributed by atoms with E-state index in [1.165, 1.54) is 18.9 Å². The molecule has 2 heterocycles. The first-order valence-electron chi connectivity index (χ1n) is 9.22. The zero-order valence-corrected chi connectivity index (χ0v) is 14.7. The van der Waals surface area contributed by atoms with Gasteiger partial charge in [-0.3, -0.25) is 4.79 Å². The SMILES string of the molecule is O=C1c2ccc(-c3ccc(F)c(F)c3)cc2CCN1CCN1CCCC1. The summed E-state index contributed by atoms with van der Waals surface area (Å²) in [5.41, 5.74) is 3.13. The highest BCUT2D eigenvalue weighted by Crippen LogP contribution is 2.27. The number of amides is 1.